The molecule has 1 aliphatic rings. The number of anilines is 2. The lowest BCUT2D eigenvalue weighted by atomic mass is 10.1. The van der Waals surface area contributed by atoms with Crippen LogP contribution in [0.2, 0.25) is 0 Å². The van der Waals surface area contributed by atoms with Crippen molar-refractivity contribution >= 4 is 23.3 Å². The van der Waals surface area contributed by atoms with Crippen LogP contribution in [0.4, 0.5) is 16.2 Å². The Bertz CT molecular complexity index is 1110. The predicted octanol–water partition coefficient (Wildman–Crippen LogP) is 2.29. The molecule has 0 saturated heterocycles. The predicted molar refractivity (Wildman–Crippen MR) is 104 cm³/mol. The van der Waals surface area contributed by atoms with Gasteiger partial charge in [0.2, 0.25) is 5.91 Å². The SMILES string of the molecule is Cc1cccc(C)c1NC(=O)Cn1nc2n(c1=O)C(=O)N(c1ccccc1)C2. The molecule has 28 heavy (non-hydrogen) atoms. The monoisotopic (exact) mass is 377 g/mol. The number of carbonyl (C=O) groups excluding carboxylic acids is 2. The molecule has 2 amide bonds. The van der Waals surface area contributed by atoms with Gasteiger partial charge in [0, 0.05) is 11.4 Å². The molecule has 0 aliphatic carbocycles. The fraction of sp³-hybridized carbons (Fsp3) is 0.200. The molecule has 2 aromatic carbocycles. The van der Waals surface area contributed by atoms with E-state index in [9.17, 15) is 14.4 Å². The summed E-state index contributed by atoms with van der Waals surface area (Å²) in [6.07, 6.45) is 0. The van der Waals surface area contributed by atoms with E-state index in [0.29, 0.717) is 11.5 Å². The lowest BCUT2D eigenvalue weighted by Gasteiger charge is -2.14. The molecule has 0 saturated carbocycles. The Morgan fingerprint density at radius 1 is 1.04 bits per heavy atom. The molecule has 0 unspecified atom stereocenters. The van der Waals surface area contributed by atoms with Crippen molar-refractivity contribution in [2.75, 3.05) is 10.2 Å². The maximum absolute atomic E-state index is 12.6. The molecule has 0 atom stereocenters. The minimum atomic E-state index is -0.616. The largest absolute Gasteiger partial charge is 0.354 e. The third-order valence-electron chi connectivity index (χ3n) is 4.73. The van der Waals surface area contributed by atoms with Crippen LogP contribution in [-0.2, 0) is 17.9 Å². The first-order valence-electron chi connectivity index (χ1n) is 8.87. The van der Waals surface area contributed by atoms with Gasteiger partial charge in [-0.2, -0.15) is 9.67 Å². The van der Waals surface area contributed by atoms with Gasteiger partial charge in [0.15, 0.2) is 5.82 Å². The highest BCUT2D eigenvalue weighted by Gasteiger charge is 2.33. The zero-order valence-electron chi connectivity index (χ0n) is 15.5. The molecular weight excluding hydrogens is 358 g/mol. The van der Waals surface area contributed by atoms with Crippen molar-refractivity contribution in [2.45, 2.75) is 26.9 Å². The summed E-state index contributed by atoms with van der Waals surface area (Å²) in [4.78, 5) is 39.1. The number of rotatable bonds is 4. The molecule has 0 bridgehead atoms. The number of para-hydroxylation sites is 2. The maximum atomic E-state index is 12.6. The van der Waals surface area contributed by atoms with Crippen LogP contribution >= 0.6 is 0 Å². The molecule has 8 nitrogen and oxygen atoms in total. The molecule has 3 aromatic rings. The van der Waals surface area contributed by atoms with Gasteiger partial charge in [-0.05, 0) is 37.1 Å². The molecule has 2 heterocycles. The molecule has 142 valence electrons. The second-order valence-corrected chi connectivity index (χ2v) is 6.71. The van der Waals surface area contributed by atoms with Crippen LogP contribution in [0.5, 0.6) is 0 Å². The number of aromatic nitrogens is 3. The van der Waals surface area contributed by atoms with E-state index in [1.165, 1.54) is 4.90 Å². The Morgan fingerprint density at radius 2 is 1.71 bits per heavy atom. The zero-order valence-corrected chi connectivity index (χ0v) is 15.5. The Hall–Kier alpha value is -3.68. The summed E-state index contributed by atoms with van der Waals surface area (Å²) in [5.41, 5.74) is 2.66. The van der Waals surface area contributed by atoms with Crippen molar-refractivity contribution in [3.63, 3.8) is 0 Å². The third kappa shape index (κ3) is 2.98. The number of hydrogen-bond acceptors (Lipinski definition) is 4. The van der Waals surface area contributed by atoms with Crippen molar-refractivity contribution < 1.29 is 9.59 Å². The molecule has 1 aromatic heterocycles. The van der Waals surface area contributed by atoms with Crippen molar-refractivity contribution in [3.8, 4) is 0 Å². The highest BCUT2D eigenvalue weighted by Crippen LogP contribution is 2.22. The Balaban J connectivity index is 1.54. The average molecular weight is 377 g/mol. The lowest BCUT2D eigenvalue weighted by Crippen LogP contribution is -2.36. The quantitative estimate of drug-likeness (QED) is 0.755. The number of fused-ring (bicyclic) bond motifs is 1. The topological polar surface area (TPSA) is 89.2 Å². The minimum Gasteiger partial charge on any atom is -0.324 e. The van der Waals surface area contributed by atoms with E-state index >= 15 is 0 Å². The van der Waals surface area contributed by atoms with E-state index in [1.807, 2.05) is 50.2 Å². The first-order chi connectivity index (χ1) is 13.5. The number of benzene rings is 2. The summed E-state index contributed by atoms with van der Waals surface area (Å²) in [6, 6.07) is 14.3. The Morgan fingerprint density at radius 3 is 2.36 bits per heavy atom. The number of aryl methyl sites for hydroxylation is 2. The second kappa shape index (κ2) is 6.80. The van der Waals surface area contributed by atoms with Gasteiger partial charge in [-0.3, -0.25) is 9.69 Å². The van der Waals surface area contributed by atoms with E-state index in [0.717, 1.165) is 26.1 Å². The first-order valence-corrected chi connectivity index (χ1v) is 8.87. The molecular formula is C20H19N5O3. The van der Waals surface area contributed by atoms with Crippen molar-refractivity contribution in [3.05, 3.63) is 76.0 Å². The fourth-order valence-corrected chi connectivity index (χ4v) is 3.32. The van der Waals surface area contributed by atoms with Gasteiger partial charge in [0.25, 0.3) is 0 Å². The summed E-state index contributed by atoms with van der Waals surface area (Å²) >= 11 is 0. The van der Waals surface area contributed by atoms with Gasteiger partial charge >= 0.3 is 11.7 Å². The van der Waals surface area contributed by atoms with E-state index in [-0.39, 0.29) is 19.0 Å². The molecule has 1 N–H and O–H groups in total. The van der Waals surface area contributed by atoms with Gasteiger partial charge in [0.05, 0.1) is 6.54 Å². The van der Waals surface area contributed by atoms with Gasteiger partial charge in [-0.1, -0.05) is 36.4 Å². The summed E-state index contributed by atoms with van der Waals surface area (Å²) < 4.78 is 2.04. The smallest absolute Gasteiger partial charge is 0.324 e. The molecule has 8 heteroatoms. The van der Waals surface area contributed by atoms with E-state index in [1.54, 1.807) is 12.1 Å². The molecule has 0 fully saturated rings. The Kier molecular flexibility index (Phi) is 4.31. The minimum absolute atomic E-state index is 0.184. The number of amides is 2. The molecule has 0 radical (unpaired) electrons. The summed E-state index contributed by atoms with van der Waals surface area (Å²) in [6.45, 7) is 3.72. The van der Waals surface area contributed by atoms with Crippen LogP contribution in [0.3, 0.4) is 0 Å². The van der Waals surface area contributed by atoms with E-state index in [2.05, 4.69) is 10.4 Å². The van der Waals surface area contributed by atoms with E-state index in [4.69, 9.17) is 0 Å². The van der Waals surface area contributed by atoms with Gasteiger partial charge in [0.1, 0.15) is 6.54 Å². The molecule has 0 spiro atoms. The zero-order chi connectivity index (χ0) is 19.8. The van der Waals surface area contributed by atoms with Crippen LogP contribution in [0, 0.1) is 13.8 Å². The van der Waals surface area contributed by atoms with Crippen LogP contribution < -0.4 is 15.9 Å². The van der Waals surface area contributed by atoms with Gasteiger partial charge < -0.3 is 5.32 Å². The van der Waals surface area contributed by atoms with Crippen molar-refractivity contribution in [1.29, 1.82) is 0 Å². The van der Waals surface area contributed by atoms with E-state index < -0.39 is 11.7 Å². The normalized spacial score (nSPS) is 12.9. The van der Waals surface area contributed by atoms with Crippen LogP contribution in [0.15, 0.2) is 53.3 Å². The summed E-state index contributed by atoms with van der Waals surface area (Å²) in [5.74, 6) is -0.0534. The number of nitrogens with one attached hydrogen (secondary N) is 1. The molecule has 4 rings (SSSR count). The highest BCUT2D eigenvalue weighted by atomic mass is 16.2. The third-order valence-corrected chi connectivity index (χ3v) is 4.73. The number of nitrogens with zero attached hydrogens (tertiary/aromatic N) is 4. The average Bonchev–Trinajstić information content (AvgIpc) is 3.16. The number of carbonyl (C=O) groups is 2. The second-order valence-electron chi connectivity index (χ2n) is 6.71. The highest BCUT2D eigenvalue weighted by molar-refractivity contribution is 5.96. The maximum Gasteiger partial charge on any atom is 0.354 e. The van der Waals surface area contributed by atoms with Crippen LogP contribution in [0.1, 0.15) is 17.0 Å². The van der Waals surface area contributed by atoms with Crippen molar-refractivity contribution in [1.82, 2.24) is 14.3 Å². The Labute approximate surface area is 161 Å². The van der Waals surface area contributed by atoms with Crippen LogP contribution in [-0.4, -0.2) is 26.3 Å². The number of hydrogen-bond donors (Lipinski definition) is 1. The fourth-order valence-electron chi connectivity index (χ4n) is 3.32. The van der Waals surface area contributed by atoms with Gasteiger partial charge in [-0.15, -0.1) is 0 Å². The van der Waals surface area contributed by atoms with Crippen molar-refractivity contribution in [2.24, 2.45) is 0 Å². The van der Waals surface area contributed by atoms with Crippen LogP contribution in [0.25, 0.3) is 0 Å². The summed E-state index contributed by atoms with van der Waals surface area (Å²) in [5, 5.41) is 7.01. The molecule has 1 aliphatic heterocycles. The standard InChI is InChI=1S/C20H19N5O3/c1-13-7-6-8-14(2)18(13)21-17(26)12-24-20(28)25-16(22-24)11-23(19(25)27)15-9-4-3-5-10-15/h3-10H,11-12H2,1-2H3,(H,21,26). The first kappa shape index (κ1) is 17.7. The van der Waals surface area contributed by atoms with Gasteiger partial charge in [-0.25, -0.2) is 14.3 Å². The lowest BCUT2D eigenvalue weighted by molar-refractivity contribution is -0.117. The summed E-state index contributed by atoms with van der Waals surface area (Å²) in [7, 11) is 0.